The third kappa shape index (κ3) is 4.36. The number of hydrogen-bond donors (Lipinski definition) is 1. The number of nitrogens with zero attached hydrogens (tertiary/aromatic N) is 2. The van der Waals surface area contributed by atoms with Gasteiger partial charge >= 0.3 is 0 Å². The maximum Gasteiger partial charge on any atom is 0.266 e. The van der Waals surface area contributed by atoms with E-state index in [0.29, 0.717) is 33.2 Å². The SMILES string of the molecule is Cc1ccc(-n2c(SCC(=O)NC(C)c3ccc4c(c3)OCO4)nc3ccccc3c2=O)cc1. The van der Waals surface area contributed by atoms with E-state index in [1.807, 2.05) is 74.5 Å². The quantitative estimate of drug-likeness (QED) is 0.330. The topological polar surface area (TPSA) is 82.5 Å². The lowest BCUT2D eigenvalue weighted by molar-refractivity contribution is -0.119. The number of thioether (sulfide) groups is 1. The molecule has 0 spiro atoms. The fourth-order valence-corrected chi connectivity index (χ4v) is 4.63. The molecule has 5 rings (SSSR count). The summed E-state index contributed by atoms with van der Waals surface area (Å²) in [6.45, 7) is 4.11. The first-order chi connectivity index (χ1) is 16.5. The normalized spacial score (nSPS) is 13.1. The van der Waals surface area contributed by atoms with Gasteiger partial charge in [0.25, 0.3) is 5.56 Å². The summed E-state index contributed by atoms with van der Waals surface area (Å²) in [6, 6.07) is 20.3. The highest BCUT2D eigenvalue weighted by molar-refractivity contribution is 7.99. The van der Waals surface area contributed by atoms with E-state index in [4.69, 9.17) is 14.5 Å². The zero-order chi connectivity index (χ0) is 23.7. The maximum atomic E-state index is 13.3. The van der Waals surface area contributed by atoms with Gasteiger partial charge in [0, 0.05) is 0 Å². The molecule has 0 bridgehead atoms. The summed E-state index contributed by atoms with van der Waals surface area (Å²) in [5, 5.41) is 4.01. The van der Waals surface area contributed by atoms with Crippen molar-refractivity contribution in [2.24, 2.45) is 0 Å². The van der Waals surface area contributed by atoms with Gasteiger partial charge in [-0.15, -0.1) is 0 Å². The van der Waals surface area contributed by atoms with Gasteiger partial charge in [-0.25, -0.2) is 4.98 Å². The molecule has 7 nitrogen and oxygen atoms in total. The number of para-hydroxylation sites is 1. The third-order valence-corrected chi connectivity index (χ3v) is 6.58. The van der Waals surface area contributed by atoms with E-state index in [2.05, 4.69) is 5.32 Å². The van der Waals surface area contributed by atoms with Gasteiger partial charge in [-0.05, 0) is 55.8 Å². The van der Waals surface area contributed by atoms with Crippen molar-refractivity contribution in [2.45, 2.75) is 25.0 Å². The lowest BCUT2D eigenvalue weighted by atomic mass is 10.1. The highest BCUT2D eigenvalue weighted by Crippen LogP contribution is 2.34. The molecule has 34 heavy (non-hydrogen) atoms. The molecule has 172 valence electrons. The van der Waals surface area contributed by atoms with Crippen LogP contribution >= 0.6 is 11.8 Å². The number of nitrogens with one attached hydrogen (secondary N) is 1. The molecule has 1 atom stereocenters. The van der Waals surface area contributed by atoms with Gasteiger partial charge in [0.05, 0.1) is 28.4 Å². The summed E-state index contributed by atoms with van der Waals surface area (Å²) in [6.07, 6.45) is 0. The van der Waals surface area contributed by atoms with E-state index in [-0.39, 0.29) is 30.1 Å². The van der Waals surface area contributed by atoms with Crippen molar-refractivity contribution in [3.63, 3.8) is 0 Å². The number of carbonyl (C=O) groups excluding carboxylic acids is 1. The Morgan fingerprint density at radius 1 is 1.09 bits per heavy atom. The number of aryl methyl sites for hydroxylation is 1. The van der Waals surface area contributed by atoms with Crippen LogP contribution in [-0.2, 0) is 4.79 Å². The van der Waals surface area contributed by atoms with Crippen LogP contribution < -0.4 is 20.3 Å². The minimum Gasteiger partial charge on any atom is -0.454 e. The Morgan fingerprint density at radius 3 is 2.68 bits per heavy atom. The van der Waals surface area contributed by atoms with E-state index < -0.39 is 0 Å². The van der Waals surface area contributed by atoms with Gasteiger partial charge in [0.15, 0.2) is 16.7 Å². The second-order valence-electron chi connectivity index (χ2n) is 8.08. The Labute approximate surface area is 200 Å². The van der Waals surface area contributed by atoms with Gasteiger partial charge in [-0.1, -0.05) is 47.7 Å². The Kier molecular flexibility index (Phi) is 5.98. The van der Waals surface area contributed by atoms with E-state index in [0.717, 1.165) is 11.1 Å². The highest BCUT2D eigenvalue weighted by Gasteiger charge is 2.18. The van der Waals surface area contributed by atoms with Crippen LogP contribution in [0.5, 0.6) is 11.5 Å². The molecule has 1 amide bonds. The summed E-state index contributed by atoms with van der Waals surface area (Å²) in [5.74, 6) is 1.34. The van der Waals surface area contributed by atoms with Crippen LogP contribution in [0.3, 0.4) is 0 Å². The van der Waals surface area contributed by atoms with Gasteiger partial charge in [-0.3, -0.25) is 14.2 Å². The molecule has 8 heteroatoms. The number of rotatable bonds is 6. The molecule has 3 aromatic carbocycles. The van der Waals surface area contributed by atoms with Crippen molar-refractivity contribution in [1.82, 2.24) is 14.9 Å². The van der Waals surface area contributed by atoms with Crippen molar-refractivity contribution in [1.29, 1.82) is 0 Å². The Balaban J connectivity index is 1.37. The fourth-order valence-electron chi connectivity index (χ4n) is 3.81. The number of ether oxygens (including phenoxy) is 2. The molecular formula is C26H23N3O4S. The molecule has 1 aliphatic rings. The molecule has 0 aliphatic carbocycles. The second kappa shape index (κ2) is 9.23. The third-order valence-electron chi connectivity index (χ3n) is 5.64. The highest BCUT2D eigenvalue weighted by atomic mass is 32.2. The van der Waals surface area contributed by atoms with Crippen molar-refractivity contribution in [3.05, 3.63) is 88.2 Å². The van der Waals surface area contributed by atoms with Crippen molar-refractivity contribution in [2.75, 3.05) is 12.5 Å². The smallest absolute Gasteiger partial charge is 0.266 e. The number of carbonyl (C=O) groups is 1. The van der Waals surface area contributed by atoms with E-state index in [9.17, 15) is 9.59 Å². The molecule has 1 aliphatic heterocycles. The summed E-state index contributed by atoms with van der Waals surface area (Å²) in [5.41, 5.74) is 3.17. The molecule has 2 heterocycles. The lowest BCUT2D eigenvalue weighted by Gasteiger charge is -2.16. The summed E-state index contributed by atoms with van der Waals surface area (Å²) in [4.78, 5) is 30.8. The van der Waals surface area contributed by atoms with Crippen LogP contribution in [0.4, 0.5) is 0 Å². The minimum absolute atomic E-state index is 0.117. The molecule has 1 aromatic heterocycles. The largest absolute Gasteiger partial charge is 0.454 e. The first-order valence-corrected chi connectivity index (χ1v) is 11.9. The zero-order valence-corrected chi connectivity index (χ0v) is 19.6. The predicted molar refractivity (Wildman–Crippen MR) is 132 cm³/mol. The molecule has 0 radical (unpaired) electrons. The van der Waals surface area contributed by atoms with Gasteiger partial charge < -0.3 is 14.8 Å². The molecule has 0 saturated carbocycles. The van der Waals surface area contributed by atoms with E-state index in [1.54, 1.807) is 10.6 Å². The van der Waals surface area contributed by atoms with Gasteiger partial charge in [0.2, 0.25) is 12.7 Å². The van der Waals surface area contributed by atoms with E-state index >= 15 is 0 Å². The second-order valence-corrected chi connectivity index (χ2v) is 9.02. The number of benzene rings is 3. The van der Waals surface area contributed by atoms with Crippen LogP contribution in [-0.4, -0.2) is 28.0 Å². The summed E-state index contributed by atoms with van der Waals surface area (Å²) < 4.78 is 12.3. The monoisotopic (exact) mass is 473 g/mol. The van der Waals surface area contributed by atoms with Crippen molar-refractivity contribution in [3.8, 4) is 17.2 Å². The Bertz CT molecular complexity index is 1430. The minimum atomic E-state index is -0.216. The first-order valence-electron chi connectivity index (χ1n) is 10.9. The fraction of sp³-hybridized carbons (Fsp3) is 0.192. The molecule has 0 fully saturated rings. The number of hydrogen-bond acceptors (Lipinski definition) is 6. The maximum absolute atomic E-state index is 13.3. The number of amides is 1. The Hall–Kier alpha value is -3.78. The molecule has 1 N–H and O–H groups in total. The predicted octanol–water partition coefficient (Wildman–Crippen LogP) is 4.39. The number of aromatic nitrogens is 2. The Morgan fingerprint density at radius 2 is 1.85 bits per heavy atom. The zero-order valence-electron chi connectivity index (χ0n) is 18.8. The average molecular weight is 474 g/mol. The van der Waals surface area contributed by atoms with Gasteiger partial charge in [0.1, 0.15) is 0 Å². The first kappa shape index (κ1) is 22.0. The standard InChI is InChI=1S/C26H23N3O4S/c1-16-7-10-19(11-8-16)29-25(31)20-5-3-4-6-21(20)28-26(29)34-14-24(30)27-17(2)18-9-12-22-23(13-18)33-15-32-22/h3-13,17H,14-15H2,1-2H3,(H,27,30). The summed E-state index contributed by atoms with van der Waals surface area (Å²) in [7, 11) is 0. The van der Waals surface area contributed by atoms with Gasteiger partial charge in [-0.2, -0.15) is 0 Å². The average Bonchev–Trinajstić information content (AvgIpc) is 3.32. The van der Waals surface area contributed by atoms with Crippen LogP contribution in [0.2, 0.25) is 0 Å². The molecule has 1 unspecified atom stereocenters. The van der Waals surface area contributed by atoms with Crippen LogP contribution in [0.25, 0.3) is 16.6 Å². The molecular weight excluding hydrogens is 450 g/mol. The van der Waals surface area contributed by atoms with E-state index in [1.165, 1.54) is 11.8 Å². The van der Waals surface area contributed by atoms with Crippen molar-refractivity contribution >= 4 is 28.6 Å². The van der Waals surface area contributed by atoms with Crippen molar-refractivity contribution < 1.29 is 14.3 Å². The lowest BCUT2D eigenvalue weighted by Crippen LogP contribution is -2.29. The molecule has 4 aromatic rings. The molecule has 0 saturated heterocycles. The van der Waals surface area contributed by atoms with Crippen LogP contribution in [0.1, 0.15) is 24.1 Å². The number of fused-ring (bicyclic) bond motifs is 2. The summed E-state index contributed by atoms with van der Waals surface area (Å²) >= 11 is 1.24. The van der Waals surface area contributed by atoms with Crippen LogP contribution in [0, 0.1) is 6.92 Å². The van der Waals surface area contributed by atoms with Crippen LogP contribution in [0.15, 0.2) is 76.7 Å².